The number of nitrogens with one attached hydrogen (secondary N) is 2. The van der Waals surface area contributed by atoms with E-state index in [4.69, 9.17) is 0 Å². The maximum Gasteiger partial charge on any atom is 0.391 e. The van der Waals surface area contributed by atoms with Crippen LogP contribution in [0.3, 0.4) is 0 Å². The van der Waals surface area contributed by atoms with Crippen molar-refractivity contribution in [3.63, 3.8) is 0 Å². The zero-order valence-corrected chi connectivity index (χ0v) is 11.8. The van der Waals surface area contributed by atoms with Crippen LogP contribution < -0.4 is 10.6 Å². The van der Waals surface area contributed by atoms with Crippen molar-refractivity contribution in [3.8, 4) is 0 Å². The highest BCUT2D eigenvalue weighted by Gasteiger charge is 2.41. The summed E-state index contributed by atoms with van der Waals surface area (Å²) in [6, 6.07) is 7.26. The fraction of sp³-hybridized carbons (Fsp3) is 0.533. The highest BCUT2D eigenvalue weighted by atomic mass is 19.4. The Labute approximate surface area is 121 Å². The molecular formula is C15H19F3N2O. The second-order valence-electron chi connectivity index (χ2n) is 5.49. The standard InChI is InChI=1S/C15H19F3N2O/c1-10(21)19-12-6-8-14(9-7-12)20-13-4-2-11(3-5-13)15(16,17)18/h6-9,11,13,20H,2-5H2,1H3,(H,19,21). The molecule has 0 unspecified atom stereocenters. The first-order valence-corrected chi connectivity index (χ1v) is 7.05. The Balaban J connectivity index is 1.85. The third-order valence-electron chi connectivity index (χ3n) is 3.77. The lowest BCUT2D eigenvalue weighted by atomic mass is 9.85. The van der Waals surface area contributed by atoms with Crippen LogP contribution in [0.4, 0.5) is 24.5 Å². The van der Waals surface area contributed by atoms with Gasteiger partial charge in [0.25, 0.3) is 0 Å². The molecule has 2 N–H and O–H groups in total. The molecule has 0 saturated heterocycles. The van der Waals surface area contributed by atoms with E-state index in [1.165, 1.54) is 6.92 Å². The lowest BCUT2D eigenvalue weighted by Crippen LogP contribution is -2.32. The smallest absolute Gasteiger partial charge is 0.382 e. The van der Waals surface area contributed by atoms with Crippen molar-refractivity contribution in [2.75, 3.05) is 10.6 Å². The number of hydrogen-bond acceptors (Lipinski definition) is 2. The fourth-order valence-electron chi connectivity index (χ4n) is 2.65. The average molecular weight is 300 g/mol. The zero-order valence-electron chi connectivity index (χ0n) is 11.8. The van der Waals surface area contributed by atoms with E-state index in [0.717, 1.165) is 5.69 Å². The fourth-order valence-corrected chi connectivity index (χ4v) is 2.65. The Hall–Kier alpha value is -1.72. The predicted octanol–water partition coefficient (Wildman–Crippen LogP) is 4.18. The molecule has 6 heteroatoms. The molecule has 0 spiro atoms. The van der Waals surface area contributed by atoms with Gasteiger partial charge in [0.05, 0.1) is 5.92 Å². The number of alkyl halides is 3. The van der Waals surface area contributed by atoms with Crippen LogP contribution in [0.2, 0.25) is 0 Å². The Morgan fingerprint density at radius 1 is 1.05 bits per heavy atom. The third-order valence-corrected chi connectivity index (χ3v) is 3.77. The Morgan fingerprint density at radius 2 is 1.57 bits per heavy atom. The minimum atomic E-state index is -4.06. The summed E-state index contributed by atoms with van der Waals surface area (Å²) in [5.74, 6) is -1.29. The van der Waals surface area contributed by atoms with E-state index in [0.29, 0.717) is 18.5 Å². The summed E-state index contributed by atoms with van der Waals surface area (Å²) in [6.45, 7) is 1.44. The summed E-state index contributed by atoms with van der Waals surface area (Å²) in [7, 11) is 0. The first-order chi connectivity index (χ1) is 9.84. The average Bonchev–Trinajstić information content (AvgIpc) is 2.40. The zero-order chi connectivity index (χ0) is 15.5. The van der Waals surface area contributed by atoms with E-state index >= 15 is 0 Å². The van der Waals surface area contributed by atoms with Crippen molar-refractivity contribution in [2.45, 2.75) is 44.8 Å². The van der Waals surface area contributed by atoms with Gasteiger partial charge in [-0.1, -0.05) is 0 Å². The molecule has 1 aromatic carbocycles. The largest absolute Gasteiger partial charge is 0.391 e. The molecule has 0 aromatic heterocycles. The normalized spacial score (nSPS) is 22.7. The van der Waals surface area contributed by atoms with Gasteiger partial charge in [0, 0.05) is 24.3 Å². The molecule has 0 bridgehead atoms. The second-order valence-corrected chi connectivity index (χ2v) is 5.49. The number of carbonyl (C=O) groups is 1. The van der Waals surface area contributed by atoms with E-state index in [2.05, 4.69) is 10.6 Å². The van der Waals surface area contributed by atoms with Crippen molar-refractivity contribution in [2.24, 2.45) is 5.92 Å². The molecule has 3 nitrogen and oxygen atoms in total. The van der Waals surface area contributed by atoms with E-state index in [-0.39, 0.29) is 24.8 Å². The van der Waals surface area contributed by atoms with Crippen molar-refractivity contribution in [1.82, 2.24) is 0 Å². The van der Waals surface area contributed by atoms with E-state index in [1.807, 2.05) is 12.1 Å². The number of amides is 1. The molecule has 0 heterocycles. The van der Waals surface area contributed by atoms with Gasteiger partial charge in [0.15, 0.2) is 0 Å². The molecule has 1 fully saturated rings. The van der Waals surface area contributed by atoms with Gasteiger partial charge in [0.2, 0.25) is 5.91 Å². The first kappa shape index (κ1) is 15.7. The van der Waals surface area contributed by atoms with Crippen molar-refractivity contribution < 1.29 is 18.0 Å². The van der Waals surface area contributed by atoms with Gasteiger partial charge in [-0.25, -0.2) is 0 Å². The van der Waals surface area contributed by atoms with Crippen LogP contribution in [-0.2, 0) is 4.79 Å². The molecule has 1 aliphatic carbocycles. The third kappa shape index (κ3) is 4.65. The van der Waals surface area contributed by atoms with Crippen LogP contribution in [0.1, 0.15) is 32.6 Å². The van der Waals surface area contributed by atoms with Crippen LogP contribution >= 0.6 is 0 Å². The monoisotopic (exact) mass is 300 g/mol. The van der Waals surface area contributed by atoms with Gasteiger partial charge in [-0.2, -0.15) is 13.2 Å². The molecule has 1 aliphatic rings. The summed E-state index contributed by atoms with van der Waals surface area (Å²) >= 11 is 0. The maximum absolute atomic E-state index is 12.6. The predicted molar refractivity (Wildman–Crippen MR) is 76.2 cm³/mol. The van der Waals surface area contributed by atoms with Gasteiger partial charge in [-0.05, 0) is 49.9 Å². The highest BCUT2D eigenvalue weighted by Crippen LogP contribution is 2.38. The number of anilines is 2. The van der Waals surface area contributed by atoms with Crippen LogP contribution in [0.25, 0.3) is 0 Å². The molecule has 2 rings (SSSR count). The van der Waals surface area contributed by atoms with Crippen LogP contribution in [0.15, 0.2) is 24.3 Å². The molecule has 0 atom stereocenters. The molecule has 116 valence electrons. The van der Waals surface area contributed by atoms with Crippen molar-refractivity contribution in [1.29, 1.82) is 0 Å². The van der Waals surface area contributed by atoms with Gasteiger partial charge >= 0.3 is 6.18 Å². The molecule has 1 aromatic rings. The summed E-state index contributed by atoms with van der Waals surface area (Å²) < 4.78 is 37.8. The van der Waals surface area contributed by atoms with Gasteiger partial charge in [-0.15, -0.1) is 0 Å². The Bertz CT molecular complexity index is 477. The molecule has 0 aliphatic heterocycles. The minimum absolute atomic E-state index is 0.0789. The Kier molecular flexibility index (Phi) is 4.75. The number of halogens is 3. The van der Waals surface area contributed by atoms with Crippen molar-refractivity contribution >= 4 is 17.3 Å². The van der Waals surface area contributed by atoms with Crippen molar-refractivity contribution in [3.05, 3.63) is 24.3 Å². The molecular weight excluding hydrogens is 281 g/mol. The summed E-state index contributed by atoms with van der Waals surface area (Å²) in [6.07, 6.45) is -2.64. The molecule has 21 heavy (non-hydrogen) atoms. The molecule has 1 saturated carbocycles. The second kappa shape index (κ2) is 6.37. The number of rotatable bonds is 3. The summed E-state index contributed by atoms with van der Waals surface area (Å²) in [4.78, 5) is 10.9. The molecule has 0 radical (unpaired) electrons. The molecule has 1 amide bonds. The van der Waals surface area contributed by atoms with Crippen LogP contribution in [0.5, 0.6) is 0 Å². The van der Waals surface area contributed by atoms with Gasteiger partial charge < -0.3 is 10.6 Å². The topological polar surface area (TPSA) is 41.1 Å². The minimum Gasteiger partial charge on any atom is -0.382 e. The lowest BCUT2D eigenvalue weighted by molar-refractivity contribution is -0.182. The van der Waals surface area contributed by atoms with Gasteiger partial charge in [0.1, 0.15) is 0 Å². The number of hydrogen-bond donors (Lipinski definition) is 2. The quantitative estimate of drug-likeness (QED) is 0.879. The van der Waals surface area contributed by atoms with Crippen LogP contribution in [0, 0.1) is 5.92 Å². The van der Waals surface area contributed by atoms with E-state index in [1.54, 1.807) is 12.1 Å². The summed E-state index contributed by atoms with van der Waals surface area (Å²) in [5.41, 5.74) is 1.56. The number of benzene rings is 1. The van der Waals surface area contributed by atoms with E-state index < -0.39 is 12.1 Å². The Morgan fingerprint density at radius 3 is 2.05 bits per heavy atom. The van der Waals surface area contributed by atoms with Crippen LogP contribution in [-0.4, -0.2) is 18.1 Å². The van der Waals surface area contributed by atoms with E-state index in [9.17, 15) is 18.0 Å². The maximum atomic E-state index is 12.6. The lowest BCUT2D eigenvalue weighted by Gasteiger charge is -2.30. The highest BCUT2D eigenvalue weighted by molar-refractivity contribution is 5.88. The number of carbonyl (C=O) groups excluding carboxylic acids is 1. The van der Waals surface area contributed by atoms with Gasteiger partial charge in [-0.3, -0.25) is 4.79 Å². The summed E-state index contributed by atoms with van der Waals surface area (Å²) in [5, 5.41) is 5.92. The SMILES string of the molecule is CC(=O)Nc1ccc(NC2CCC(C(F)(F)F)CC2)cc1. The first-order valence-electron chi connectivity index (χ1n) is 7.05.